The molecule has 5 aromatic rings. The number of hydrogen-bond donors (Lipinski definition) is 2. The summed E-state index contributed by atoms with van der Waals surface area (Å²) in [6.07, 6.45) is 10.9. The van der Waals surface area contributed by atoms with E-state index in [2.05, 4.69) is 21.1 Å². The van der Waals surface area contributed by atoms with Gasteiger partial charge in [0.25, 0.3) is 23.1 Å². The lowest BCUT2D eigenvalue weighted by Gasteiger charge is -2.02. The molecule has 10 nitrogen and oxygen atoms in total. The lowest BCUT2D eigenvalue weighted by Crippen LogP contribution is -2.20. The zero-order chi connectivity index (χ0) is 25.1. The fraction of sp³-hybridized carbons (Fsp3) is 0.0769. The van der Waals surface area contributed by atoms with Crippen LogP contribution in [0.3, 0.4) is 0 Å². The van der Waals surface area contributed by atoms with Crippen molar-refractivity contribution in [2.24, 2.45) is 24.3 Å². The van der Waals surface area contributed by atoms with Crippen LogP contribution >= 0.6 is 0 Å². The van der Waals surface area contributed by atoms with E-state index < -0.39 is 0 Å². The van der Waals surface area contributed by atoms with Gasteiger partial charge in [-0.3, -0.25) is 9.59 Å². The molecular formula is C26H24N8O2+2. The average Bonchev–Trinajstić information content (AvgIpc) is 3.40. The van der Waals surface area contributed by atoms with Crippen molar-refractivity contribution in [3.05, 3.63) is 108 Å². The molecule has 0 aliphatic rings. The van der Waals surface area contributed by atoms with E-state index in [9.17, 15) is 9.59 Å². The molecule has 4 heterocycles. The van der Waals surface area contributed by atoms with Gasteiger partial charge in [0.05, 0.1) is 38.9 Å². The summed E-state index contributed by atoms with van der Waals surface area (Å²) in [5.41, 5.74) is 9.45. The molecule has 2 amide bonds. The Hall–Kier alpha value is -5.12. The highest BCUT2D eigenvalue weighted by molar-refractivity contribution is 5.98. The fourth-order valence-corrected chi connectivity index (χ4v) is 3.86. The first-order chi connectivity index (χ1) is 17.5. The van der Waals surface area contributed by atoms with Crippen LogP contribution in [-0.2, 0) is 14.1 Å². The van der Waals surface area contributed by atoms with E-state index in [0.29, 0.717) is 11.1 Å². The molecule has 178 valence electrons. The predicted molar refractivity (Wildman–Crippen MR) is 134 cm³/mol. The summed E-state index contributed by atoms with van der Waals surface area (Å²) in [5, 5.41) is 8.13. The topological polar surface area (TPSA) is 101 Å². The number of nitrogens with one attached hydrogen (secondary N) is 2. The van der Waals surface area contributed by atoms with E-state index in [4.69, 9.17) is 0 Å². The summed E-state index contributed by atoms with van der Waals surface area (Å²) in [5.74, 6) is -0.758. The molecule has 36 heavy (non-hydrogen) atoms. The van der Waals surface area contributed by atoms with Gasteiger partial charge in [0.2, 0.25) is 0 Å². The average molecular weight is 481 g/mol. The van der Waals surface area contributed by atoms with Crippen molar-refractivity contribution in [1.29, 1.82) is 0 Å². The number of fused-ring (bicyclic) bond motifs is 2. The molecule has 0 saturated carbocycles. The monoisotopic (exact) mass is 480 g/mol. The molecule has 0 bridgehead atoms. The van der Waals surface area contributed by atoms with E-state index >= 15 is 0 Å². The number of benzene rings is 1. The Morgan fingerprint density at radius 3 is 1.50 bits per heavy atom. The summed E-state index contributed by atoms with van der Waals surface area (Å²) in [6, 6.07) is 18.0. The van der Waals surface area contributed by atoms with E-state index in [-0.39, 0.29) is 11.8 Å². The Labute approximate surface area is 206 Å². The Morgan fingerprint density at radius 2 is 1.11 bits per heavy atom. The van der Waals surface area contributed by atoms with Crippen molar-refractivity contribution >= 4 is 35.5 Å². The minimum atomic E-state index is -0.379. The molecule has 2 N–H and O–H groups in total. The van der Waals surface area contributed by atoms with Gasteiger partial charge in [0, 0.05) is 23.3 Å². The van der Waals surface area contributed by atoms with Gasteiger partial charge in [-0.15, -0.1) is 0 Å². The van der Waals surface area contributed by atoms with Crippen LogP contribution in [0.5, 0.6) is 0 Å². The van der Waals surface area contributed by atoms with Crippen LogP contribution in [0.1, 0.15) is 32.1 Å². The van der Waals surface area contributed by atoms with Crippen molar-refractivity contribution in [2.75, 3.05) is 0 Å². The van der Waals surface area contributed by atoms with Crippen LogP contribution in [0.15, 0.2) is 95.7 Å². The second kappa shape index (κ2) is 9.63. The molecule has 1 aromatic carbocycles. The standard InChI is InChI=1S/C26H22N8O2/c1-31-21(17-33-13-5-3-7-23(31)33)15-27-29-25(35)19-9-11-20(12-10-19)26(36)30-28-16-22-18-34-14-6-4-8-24(34)32(22)2/h3-18H,1-2H3/p+2/b27-15-,28-16+. The molecule has 0 spiro atoms. The molecule has 0 aliphatic heterocycles. The lowest BCUT2D eigenvalue weighted by molar-refractivity contribution is -0.510. The SMILES string of the molecule is Cn1c(/C=N\NC(=O)c2ccc(C(=O)N/N=C/c3c[n+]4ccccc4n3C)cc2)c[n+]2ccccc12. The van der Waals surface area contributed by atoms with Crippen LogP contribution in [0, 0.1) is 0 Å². The highest BCUT2D eigenvalue weighted by Crippen LogP contribution is 2.06. The minimum Gasteiger partial charge on any atom is -0.267 e. The third-order valence-electron chi connectivity index (χ3n) is 5.87. The molecule has 10 heteroatoms. The van der Waals surface area contributed by atoms with Gasteiger partial charge in [-0.1, -0.05) is 12.1 Å². The zero-order valence-electron chi connectivity index (χ0n) is 19.7. The van der Waals surface area contributed by atoms with Crippen LogP contribution in [0.4, 0.5) is 0 Å². The molecule has 0 fully saturated rings. The van der Waals surface area contributed by atoms with Crippen molar-refractivity contribution in [1.82, 2.24) is 20.0 Å². The van der Waals surface area contributed by atoms with Crippen molar-refractivity contribution in [3.63, 3.8) is 0 Å². The summed E-state index contributed by atoms with van der Waals surface area (Å²) in [4.78, 5) is 24.9. The number of carbonyl (C=O) groups is 2. The lowest BCUT2D eigenvalue weighted by atomic mass is 10.1. The van der Waals surface area contributed by atoms with Crippen molar-refractivity contribution in [2.45, 2.75) is 0 Å². The maximum absolute atomic E-state index is 12.4. The zero-order valence-corrected chi connectivity index (χ0v) is 19.7. The molecule has 0 saturated heterocycles. The second-order valence-corrected chi connectivity index (χ2v) is 8.13. The van der Waals surface area contributed by atoms with Gasteiger partial charge in [-0.25, -0.2) is 28.8 Å². The first-order valence-corrected chi connectivity index (χ1v) is 11.2. The predicted octanol–water partition coefficient (Wildman–Crippen LogP) is 1.37. The quantitative estimate of drug-likeness (QED) is 0.218. The van der Waals surface area contributed by atoms with Crippen LogP contribution in [0.25, 0.3) is 11.3 Å². The normalized spacial score (nSPS) is 11.6. The van der Waals surface area contributed by atoms with Gasteiger partial charge < -0.3 is 0 Å². The number of nitrogens with zero attached hydrogens (tertiary/aromatic N) is 6. The summed E-state index contributed by atoms with van der Waals surface area (Å²) in [7, 11) is 3.85. The Bertz CT molecular complexity index is 1520. The molecule has 0 radical (unpaired) electrons. The number of aromatic nitrogens is 4. The van der Waals surface area contributed by atoms with Crippen LogP contribution in [-0.4, -0.2) is 33.4 Å². The number of imidazole rings is 2. The third kappa shape index (κ3) is 4.47. The number of aryl methyl sites for hydroxylation is 2. The first-order valence-electron chi connectivity index (χ1n) is 11.2. The number of hydrazone groups is 2. The Balaban J connectivity index is 1.18. The van der Waals surface area contributed by atoms with Crippen molar-refractivity contribution in [3.8, 4) is 0 Å². The number of carbonyl (C=O) groups excluding carboxylic acids is 2. The van der Waals surface area contributed by atoms with Gasteiger partial charge >= 0.3 is 0 Å². The summed E-state index contributed by atoms with van der Waals surface area (Å²) in [6.45, 7) is 0. The number of pyridine rings is 2. The van der Waals surface area contributed by atoms with E-state index in [1.807, 2.05) is 93.2 Å². The van der Waals surface area contributed by atoms with Gasteiger partial charge in [-0.2, -0.15) is 10.2 Å². The molecule has 0 unspecified atom stereocenters. The number of rotatable bonds is 6. The number of hydrogen-bond acceptors (Lipinski definition) is 4. The third-order valence-corrected chi connectivity index (χ3v) is 5.87. The van der Waals surface area contributed by atoms with Crippen molar-refractivity contribution < 1.29 is 18.4 Å². The highest BCUT2D eigenvalue weighted by Gasteiger charge is 2.13. The minimum absolute atomic E-state index is 0.379. The van der Waals surface area contributed by atoms with E-state index in [0.717, 1.165) is 22.7 Å². The highest BCUT2D eigenvalue weighted by atomic mass is 16.2. The first kappa shape index (κ1) is 22.7. The largest absolute Gasteiger partial charge is 0.286 e. The van der Waals surface area contributed by atoms with Crippen LogP contribution in [0.2, 0.25) is 0 Å². The molecular weight excluding hydrogens is 456 g/mol. The smallest absolute Gasteiger partial charge is 0.267 e. The number of amides is 2. The Morgan fingerprint density at radius 1 is 0.694 bits per heavy atom. The summed E-state index contributed by atoms with van der Waals surface area (Å²) < 4.78 is 7.87. The maximum atomic E-state index is 12.4. The van der Waals surface area contributed by atoms with Gasteiger partial charge in [0.15, 0.2) is 11.4 Å². The van der Waals surface area contributed by atoms with Gasteiger partial charge in [-0.05, 0) is 36.4 Å². The second-order valence-electron chi connectivity index (χ2n) is 8.13. The molecule has 0 atom stereocenters. The fourth-order valence-electron chi connectivity index (χ4n) is 3.86. The molecule has 0 aliphatic carbocycles. The molecule has 5 rings (SSSR count). The van der Waals surface area contributed by atoms with Gasteiger partial charge in [0.1, 0.15) is 12.4 Å². The van der Waals surface area contributed by atoms with Crippen LogP contribution < -0.4 is 19.7 Å². The van der Waals surface area contributed by atoms with E-state index in [1.165, 1.54) is 0 Å². The van der Waals surface area contributed by atoms with E-state index in [1.54, 1.807) is 36.7 Å². The Kier molecular flexibility index (Phi) is 6.06. The summed E-state index contributed by atoms with van der Waals surface area (Å²) >= 11 is 0. The maximum Gasteiger partial charge on any atom is 0.286 e. The molecule has 4 aromatic heterocycles.